The number of hydrogen-bond acceptors (Lipinski definition) is 5. The van der Waals surface area contributed by atoms with Crippen molar-refractivity contribution in [3.8, 4) is 11.1 Å². The van der Waals surface area contributed by atoms with Gasteiger partial charge in [0.2, 0.25) is 0 Å². The van der Waals surface area contributed by atoms with Crippen LogP contribution in [0.15, 0.2) is 36.7 Å². The third-order valence-electron chi connectivity index (χ3n) is 5.34. The molecule has 28 heavy (non-hydrogen) atoms. The van der Waals surface area contributed by atoms with Crippen LogP contribution in [0.25, 0.3) is 11.1 Å². The van der Waals surface area contributed by atoms with Crippen LogP contribution in [0.3, 0.4) is 0 Å². The Morgan fingerprint density at radius 1 is 1.11 bits per heavy atom. The largest absolute Gasteiger partial charge is 0.385 e. The molecule has 0 bridgehead atoms. The molecule has 1 aliphatic heterocycles. The van der Waals surface area contributed by atoms with E-state index in [2.05, 4.69) is 15.3 Å². The molecule has 0 spiro atoms. The van der Waals surface area contributed by atoms with Crippen molar-refractivity contribution >= 4 is 5.82 Å². The molecule has 1 N–H and O–H groups in total. The van der Waals surface area contributed by atoms with Gasteiger partial charge in [-0.05, 0) is 43.5 Å². The topological polar surface area (TPSA) is 67.1 Å². The minimum absolute atomic E-state index is 0.385. The molecule has 0 radical (unpaired) electrons. The Kier molecular flexibility index (Phi) is 4.58. The fourth-order valence-corrected chi connectivity index (χ4v) is 3.72. The van der Waals surface area contributed by atoms with Crippen molar-refractivity contribution in [2.75, 3.05) is 18.0 Å². The Morgan fingerprint density at radius 2 is 1.86 bits per heavy atom. The van der Waals surface area contributed by atoms with Crippen molar-refractivity contribution in [3.05, 3.63) is 59.6 Å². The van der Waals surface area contributed by atoms with Gasteiger partial charge in [-0.3, -0.25) is 4.68 Å². The van der Waals surface area contributed by atoms with Gasteiger partial charge in [-0.15, -0.1) is 5.10 Å². The van der Waals surface area contributed by atoms with Crippen LogP contribution in [-0.4, -0.2) is 38.2 Å². The Bertz CT molecular complexity index is 1010. The van der Waals surface area contributed by atoms with Gasteiger partial charge in [-0.1, -0.05) is 6.07 Å². The summed E-state index contributed by atoms with van der Waals surface area (Å²) in [7, 11) is 1.87. The lowest BCUT2D eigenvalue weighted by atomic mass is 9.84. The molecule has 146 valence electrons. The maximum atomic E-state index is 13.6. The van der Waals surface area contributed by atoms with Crippen LogP contribution in [-0.2, 0) is 12.6 Å². The average molecular weight is 385 g/mol. The summed E-state index contributed by atoms with van der Waals surface area (Å²) >= 11 is 0. The predicted octanol–water partition coefficient (Wildman–Crippen LogP) is 2.95. The molecule has 1 fully saturated rings. The van der Waals surface area contributed by atoms with E-state index >= 15 is 0 Å². The van der Waals surface area contributed by atoms with Crippen molar-refractivity contribution in [2.45, 2.75) is 25.4 Å². The first-order chi connectivity index (χ1) is 13.4. The number of anilines is 1. The van der Waals surface area contributed by atoms with Gasteiger partial charge >= 0.3 is 0 Å². The first kappa shape index (κ1) is 18.5. The van der Waals surface area contributed by atoms with Gasteiger partial charge in [0, 0.05) is 37.5 Å². The molecule has 8 heteroatoms. The maximum absolute atomic E-state index is 13.6. The van der Waals surface area contributed by atoms with Gasteiger partial charge < -0.3 is 10.0 Å². The molecule has 1 aromatic carbocycles. The molecule has 4 rings (SSSR count). The fraction of sp³-hybridized carbons (Fsp3) is 0.350. The van der Waals surface area contributed by atoms with Crippen molar-refractivity contribution < 1.29 is 13.9 Å². The molecule has 6 nitrogen and oxygen atoms in total. The van der Waals surface area contributed by atoms with Crippen molar-refractivity contribution in [1.29, 1.82) is 0 Å². The number of rotatable bonds is 3. The number of aryl methyl sites for hydroxylation is 2. The highest BCUT2D eigenvalue weighted by Gasteiger charge is 2.35. The zero-order valence-corrected chi connectivity index (χ0v) is 15.7. The second-order valence-corrected chi connectivity index (χ2v) is 7.25. The Labute approximate surface area is 161 Å². The summed E-state index contributed by atoms with van der Waals surface area (Å²) in [4.78, 5) is 2.04. The quantitative estimate of drug-likeness (QED) is 0.751. The summed E-state index contributed by atoms with van der Waals surface area (Å²) in [5, 5.41) is 23.6. The maximum Gasteiger partial charge on any atom is 0.159 e. The number of aromatic nitrogens is 4. The third kappa shape index (κ3) is 3.35. The second-order valence-electron chi connectivity index (χ2n) is 7.25. The van der Waals surface area contributed by atoms with Gasteiger partial charge in [-0.25, -0.2) is 8.78 Å². The monoisotopic (exact) mass is 385 g/mol. The number of benzene rings is 1. The fourth-order valence-electron chi connectivity index (χ4n) is 3.72. The zero-order valence-electron chi connectivity index (χ0n) is 15.7. The molecule has 2 aromatic heterocycles. The summed E-state index contributed by atoms with van der Waals surface area (Å²) < 4.78 is 28.5. The van der Waals surface area contributed by atoms with Crippen LogP contribution in [0.4, 0.5) is 14.6 Å². The number of piperidine rings is 1. The van der Waals surface area contributed by atoms with Crippen LogP contribution >= 0.6 is 0 Å². The van der Waals surface area contributed by atoms with Crippen LogP contribution < -0.4 is 4.90 Å². The molecular formula is C20H21F2N5O. The molecular weight excluding hydrogens is 364 g/mol. The smallest absolute Gasteiger partial charge is 0.159 e. The van der Waals surface area contributed by atoms with E-state index < -0.39 is 17.2 Å². The minimum atomic E-state index is -1.18. The molecule has 1 aliphatic rings. The molecule has 0 saturated carbocycles. The molecule has 0 aliphatic carbocycles. The third-order valence-corrected chi connectivity index (χ3v) is 5.34. The Hall–Kier alpha value is -2.87. The van der Waals surface area contributed by atoms with E-state index in [-0.39, 0.29) is 0 Å². The zero-order chi connectivity index (χ0) is 19.9. The van der Waals surface area contributed by atoms with Crippen molar-refractivity contribution in [1.82, 2.24) is 20.0 Å². The lowest BCUT2D eigenvalue weighted by molar-refractivity contribution is 0.0113. The second kappa shape index (κ2) is 6.94. The lowest BCUT2D eigenvalue weighted by Crippen LogP contribution is -2.43. The molecule has 3 heterocycles. The molecule has 0 unspecified atom stereocenters. The number of halogens is 2. The van der Waals surface area contributed by atoms with E-state index in [0.29, 0.717) is 37.3 Å². The van der Waals surface area contributed by atoms with Crippen LogP contribution in [0.2, 0.25) is 0 Å². The number of aliphatic hydroxyl groups is 1. The highest BCUT2D eigenvalue weighted by Crippen LogP contribution is 2.35. The average Bonchev–Trinajstić information content (AvgIpc) is 3.03. The van der Waals surface area contributed by atoms with E-state index in [0.717, 1.165) is 29.0 Å². The number of nitrogens with zero attached hydrogens (tertiary/aromatic N) is 5. The van der Waals surface area contributed by atoms with E-state index in [9.17, 15) is 13.9 Å². The van der Waals surface area contributed by atoms with Gasteiger partial charge in [0.25, 0.3) is 0 Å². The van der Waals surface area contributed by atoms with E-state index in [4.69, 9.17) is 0 Å². The van der Waals surface area contributed by atoms with Crippen molar-refractivity contribution in [2.24, 2.45) is 7.05 Å². The minimum Gasteiger partial charge on any atom is -0.385 e. The van der Waals surface area contributed by atoms with Gasteiger partial charge in [0.15, 0.2) is 17.5 Å². The first-order valence-corrected chi connectivity index (χ1v) is 9.12. The lowest BCUT2D eigenvalue weighted by Gasteiger charge is -2.39. The summed E-state index contributed by atoms with van der Waals surface area (Å²) in [6, 6.07) is 5.54. The van der Waals surface area contributed by atoms with Crippen molar-refractivity contribution in [3.63, 3.8) is 0 Å². The molecule has 3 aromatic rings. The molecule has 0 amide bonds. The summed E-state index contributed by atoms with van der Waals surface area (Å²) in [5.41, 5.74) is 2.05. The summed E-state index contributed by atoms with van der Waals surface area (Å²) in [6.45, 7) is 3.00. The first-order valence-electron chi connectivity index (χ1n) is 9.12. The molecule has 0 atom stereocenters. The van der Waals surface area contributed by atoms with Gasteiger partial charge in [-0.2, -0.15) is 10.2 Å². The summed E-state index contributed by atoms with van der Waals surface area (Å²) in [6.07, 6.45) is 4.41. The van der Waals surface area contributed by atoms with E-state index in [1.165, 1.54) is 6.07 Å². The van der Waals surface area contributed by atoms with E-state index in [1.54, 1.807) is 10.9 Å². The Morgan fingerprint density at radius 3 is 2.50 bits per heavy atom. The summed E-state index contributed by atoms with van der Waals surface area (Å²) in [5.74, 6) is -1.14. The normalized spacial score (nSPS) is 16.4. The standard InChI is InChI=1S/C20H21F2N5O/c1-13-16(12-26(2)25-13)14-9-19(24-23-11-14)27-7-5-20(28,6-8-27)15-3-4-17(21)18(22)10-15/h3-4,9-12,28H,5-8H2,1-2H3. The van der Waals surface area contributed by atoms with Gasteiger partial charge in [0.05, 0.1) is 17.5 Å². The van der Waals surface area contributed by atoms with Crippen LogP contribution in [0.5, 0.6) is 0 Å². The van der Waals surface area contributed by atoms with Crippen LogP contribution in [0.1, 0.15) is 24.1 Å². The van der Waals surface area contributed by atoms with Crippen LogP contribution in [0, 0.1) is 18.6 Å². The van der Waals surface area contributed by atoms with E-state index in [1.807, 2.05) is 31.1 Å². The highest BCUT2D eigenvalue weighted by molar-refractivity contribution is 5.67. The highest BCUT2D eigenvalue weighted by atomic mass is 19.2. The predicted molar refractivity (Wildman–Crippen MR) is 101 cm³/mol. The Balaban J connectivity index is 1.53. The van der Waals surface area contributed by atoms with Gasteiger partial charge in [0.1, 0.15) is 0 Å². The SMILES string of the molecule is Cc1nn(C)cc1-c1cnnc(N2CCC(O)(c3ccc(F)c(F)c3)CC2)c1. The molecule has 1 saturated heterocycles. The number of hydrogen-bond donors (Lipinski definition) is 1.